The Labute approximate surface area is 132 Å². The Morgan fingerprint density at radius 3 is 2.05 bits per heavy atom. The molecule has 22 heavy (non-hydrogen) atoms. The first-order valence-corrected chi connectivity index (χ1v) is 7.89. The van der Waals surface area contributed by atoms with Gasteiger partial charge >= 0.3 is 0 Å². The molecule has 0 N–H and O–H groups in total. The molecule has 0 bridgehead atoms. The third-order valence-corrected chi connectivity index (χ3v) is 4.51. The zero-order valence-electron chi connectivity index (χ0n) is 13.5. The van der Waals surface area contributed by atoms with E-state index in [0.29, 0.717) is 0 Å². The molecule has 1 heterocycles. The molecule has 1 saturated heterocycles. The van der Waals surface area contributed by atoms with Crippen molar-refractivity contribution in [2.45, 2.75) is 32.4 Å². The Balaban J connectivity index is 1.91. The summed E-state index contributed by atoms with van der Waals surface area (Å²) >= 11 is 0. The zero-order valence-corrected chi connectivity index (χ0v) is 13.5. The topological polar surface area (TPSA) is 20.3 Å². The van der Waals surface area contributed by atoms with Gasteiger partial charge in [0.15, 0.2) is 5.78 Å². The smallest absolute Gasteiger partial charge is 0.169 e. The van der Waals surface area contributed by atoms with E-state index in [4.69, 9.17) is 0 Å². The summed E-state index contributed by atoms with van der Waals surface area (Å²) in [6.07, 6.45) is 0. The van der Waals surface area contributed by atoms with Crippen LogP contribution in [0.25, 0.3) is 0 Å². The molecule has 0 amide bonds. The van der Waals surface area contributed by atoms with Crippen LogP contribution in [0.5, 0.6) is 0 Å². The SMILES string of the molecule is CC(C)(C)N1C[C@H](C(=O)c2ccccc2)[C@H]1c1ccccc1. The lowest BCUT2D eigenvalue weighted by molar-refractivity contribution is -0.0434. The van der Waals surface area contributed by atoms with Crippen LogP contribution in [0, 0.1) is 5.92 Å². The van der Waals surface area contributed by atoms with Crippen LogP contribution in [-0.2, 0) is 0 Å². The van der Waals surface area contributed by atoms with E-state index < -0.39 is 0 Å². The lowest BCUT2D eigenvalue weighted by Gasteiger charge is -2.54. The van der Waals surface area contributed by atoms with Crippen LogP contribution >= 0.6 is 0 Å². The summed E-state index contributed by atoms with van der Waals surface area (Å²) in [6, 6.07) is 20.2. The highest BCUT2D eigenvalue weighted by molar-refractivity contribution is 5.99. The summed E-state index contributed by atoms with van der Waals surface area (Å²) in [5.74, 6) is 0.305. The number of nitrogens with zero attached hydrogens (tertiary/aromatic N) is 1. The Bertz CT molecular complexity index is 642. The number of ketones is 1. The van der Waals surface area contributed by atoms with E-state index >= 15 is 0 Å². The average molecular weight is 293 g/mol. The highest BCUT2D eigenvalue weighted by Crippen LogP contribution is 2.44. The molecule has 3 rings (SSSR count). The summed E-state index contributed by atoms with van der Waals surface area (Å²) < 4.78 is 0. The van der Waals surface area contributed by atoms with E-state index in [2.05, 4.69) is 49.9 Å². The second kappa shape index (κ2) is 5.69. The van der Waals surface area contributed by atoms with Gasteiger partial charge in [0.05, 0.1) is 5.92 Å². The number of hydrogen-bond donors (Lipinski definition) is 0. The Hall–Kier alpha value is -1.93. The average Bonchev–Trinajstić information content (AvgIpc) is 2.46. The molecule has 0 aromatic heterocycles. The van der Waals surface area contributed by atoms with Crippen molar-refractivity contribution in [3.05, 3.63) is 71.8 Å². The quantitative estimate of drug-likeness (QED) is 0.785. The van der Waals surface area contributed by atoms with Crippen LogP contribution in [0.15, 0.2) is 60.7 Å². The van der Waals surface area contributed by atoms with Gasteiger partial charge in [0.2, 0.25) is 0 Å². The summed E-state index contributed by atoms with van der Waals surface area (Å²) in [5.41, 5.74) is 2.12. The first kappa shape index (κ1) is 15.0. The maximum atomic E-state index is 12.9. The van der Waals surface area contributed by atoms with Crippen LogP contribution in [0.4, 0.5) is 0 Å². The normalized spacial score (nSPS) is 22.1. The van der Waals surface area contributed by atoms with Crippen LogP contribution in [-0.4, -0.2) is 22.8 Å². The van der Waals surface area contributed by atoms with Crippen molar-refractivity contribution >= 4 is 5.78 Å². The van der Waals surface area contributed by atoms with Crippen molar-refractivity contribution in [3.63, 3.8) is 0 Å². The second-order valence-electron chi connectivity index (χ2n) is 7.02. The first-order valence-electron chi connectivity index (χ1n) is 7.89. The highest BCUT2D eigenvalue weighted by atomic mass is 16.1. The summed E-state index contributed by atoms with van der Waals surface area (Å²) in [4.78, 5) is 15.3. The fraction of sp³-hybridized carbons (Fsp3) is 0.350. The van der Waals surface area contributed by atoms with Crippen molar-refractivity contribution in [1.82, 2.24) is 4.90 Å². The predicted molar refractivity (Wildman–Crippen MR) is 89.9 cm³/mol. The van der Waals surface area contributed by atoms with Crippen molar-refractivity contribution in [1.29, 1.82) is 0 Å². The minimum Gasteiger partial charge on any atom is -0.294 e. The zero-order chi connectivity index (χ0) is 15.7. The van der Waals surface area contributed by atoms with Crippen LogP contribution in [0.2, 0.25) is 0 Å². The summed E-state index contributed by atoms with van der Waals surface area (Å²) in [7, 11) is 0. The summed E-state index contributed by atoms with van der Waals surface area (Å²) in [5, 5.41) is 0. The molecule has 1 aliphatic heterocycles. The highest BCUT2D eigenvalue weighted by Gasteiger charge is 2.48. The van der Waals surface area contributed by atoms with Crippen molar-refractivity contribution in [2.24, 2.45) is 5.92 Å². The first-order chi connectivity index (χ1) is 10.5. The molecule has 1 fully saturated rings. The minimum atomic E-state index is 0.0454. The molecule has 2 atom stereocenters. The molecule has 2 aromatic rings. The third-order valence-electron chi connectivity index (χ3n) is 4.51. The maximum absolute atomic E-state index is 12.9. The Morgan fingerprint density at radius 1 is 0.955 bits per heavy atom. The molecular formula is C20H23NO. The number of benzene rings is 2. The number of Topliss-reactive ketones (excluding diaryl/α,β-unsaturated/α-hetero) is 1. The van der Waals surface area contributed by atoms with Crippen molar-refractivity contribution in [2.75, 3.05) is 6.54 Å². The standard InChI is InChI=1S/C20H23NO/c1-20(2,3)21-14-17(18(21)15-10-6-4-7-11-15)19(22)16-12-8-5-9-13-16/h4-13,17-18H,14H2,1-3H3/t17-,18+/m0/s1. The van der Waals surface area contributed by atoms with Gasteiger partial charge in [-0.2, -0.15) is 0 Å². The monoisotopic (exact) mass is 293 g/mol. The third kappa shape index (κ3) is 2.71. The van der Waals surface area contributed by atoms with E-state index in [1.54, 1.807) is 0 Å². The molecule has 1 aliphatic rings. The second-order valence-corrected chi connectivity index (χ2v) is 7.02. The van der Waals surface area contributed by atoms with Gasteiger partial charge in [-0.05, 0) is 26.3 Å². The number of likely N-dealkylation sites (tertiary alicyclic amines) is 1. The van der Waals surface area contributed by atoms with Gasteiger partial charge in [-0.1, -0.05) is 60.7 Å². The van der Waals surface area contributed by atoms with E-state index in [9.17, 15) is 4.79 Å². The number of rotatable bonds is 3. The molecule has 2 nitrogen and oxygen atoms in total. The van der Waals surface area contributed by atoms with Gasteiger partial charge in [0.25, 0.3) is 0 Å². The number of carbonyl (C=O) groups excluding carboxylic acids is 1. The molecule has 0 unspecified atom stereocenters. The minimum absolute atomic E-state index is 0.0454. The fourth-order valence-corrected chi connectivity index (χ4v) is 3.30. The molecule has 2 aromatic carbocycles. The van der Waals surface area contributed by atoms with Crippen LogP contribution in [0.3, 0.4) is 0 Å². The van der Waals surface area contributed by atoms with E-state index in [1.165, 1.54) is 5.56 Å². The van der Waals surface area contributed by atoms with Crippen molar-refractivity contribution < 1.29 is 4.79 Å². The van der Waals surface area contributed by atoms with Crippen LogP contribution < -0.4 is 0 Å². The predicted octanol–water partition coefficient (Wildman–Crippen LogP) is 4.34. The Kier molecular flexibility index (Phi) is 3.88. The van der Waals surface area contributed by atoms with E-state index in [-0.39, 0.29) is 23.3 Å². The number of hydrogen-bond acceptors (Lipinski definition) is 2. The van der Waals surface area contributed by atoms with Gasteiger partial charge < -0.3 is 0 Å². The molecular weight excluding hydrogens is 270 g/mol. The lowest BCUT2D eigenvalue weighted by Crippen LogP contribution is -2.60. The van der Waals surface area contributed by atoms with Gasteiger partial charge in [-0.3, -0.25) is 9.69 Å². The Morgan fingerprint density at radius 2 is 1.50 bits per heavy atom. The molecule has 0 radical (unpaired) electrons. The molecule has 0 saturated carbocycles. The van der Waals surface area contributed by atoms with Gasteiger partial charge in [0, 0.05) is 23.7 Å². The van der Waals surface area contributed by atoms with E-state index in [0.717, 1.165) is 12.1 Å². The van der Waals surface area contributed by atoms with Crippen molar-refractivity contribution in [3.8, 4) is 0 Å². The fourth-order valence-electron chi connectivity index (χ4n) is 3.30. The number of carbonyl (C=O) groups is 1. The lowest BCUT2D eigenvalue weighted by atomic mass is 9.76. The van der Waals surface area contributed by atoms with Gasteiger partial charge in [-0.25, -0.2) is 0 Å². The molecule has 0 spiro atoms. The summed E-state index contributed by atoms with van der Waals surface area (Å²) in [6.45, 7) is 7.47. The molecule has 2 heteroatoms. The largest absolute Gasteiger partial charge is 0.294 e. The van der Waals surface area contributed by atoms with Gasteiger partial charge in [0.1, 0.15) is 0 Å². The van der Waals surface area contributed by atoms with E-state index in [1.807, 2.05) is 36.4 Å². The molecule has 0 aliphatic carbocycles. The van der Waals surface area contributed by atoms with Gasteiger partial charge in [-0.15, -0.1) is 0 Å². The van der Waals surface area contributed by atoms with Crippen LogP contribution in [0.1, 0.15) is 42.7 Å². The maximum Gasteiger partial charge on any atom is 0.169 e. The molecule has 114 valence electrons.